The minimum Gasteiger partial charge on any atom is -0.361 e. The van der Waals surface area contributed by atoms with Crippen LogP contribution in [0.25, 0.3) is 0 Å². The zero-order valence-electron chi connectivity index (χ0n) is 17.9. The van der Waals surface area contributed by atoms with Crippen molar-refractivity contribution in [1.29, 1.82) is 0 Å². The molecule has 0 aliphatic carbocycles. The Kier molecular flexibility index (Phi) is 6.30. The molecule has 0 unspecified atom stereocenters. The summed E-state index contributed by atoms with van der Waals surface area (Å²) in [6.07, 6.45) is 0. The lowest BCUT2D eigenvalue weighted by molar-refractivity contribution is -0.385. The van der Waals surface area contributed by atoms with Crippen LogP contribution in [0.3, 0.4) is 0 Å². The summed E-state index contributed by atoms with van der Waals surface area (Å²) in [5, 5.41) is 15.0. The molecular formula is C21H22N4O6S. The summed E-state index contributed by atoms with van der Waals surface area (Å²) in [5.74, 6) is 0.386. The van der Waals surface area contributed by atoms with E-state index in [0.717, 1.165) is 11.6 Å². The Morgan fingerprint density at radius 2 is 1.81 bits per heavy atom. The molecule has 2 aromatic carbocycles. The van der Waals surface area contributed by atoms with E-state index in [4.69, 9.17) is 4.52 Å². The van der Waals surface area contributed by atoms with E-state index in [2.05, 4.69) is 9.88 Å². The van der Waals surface area contributed by atoms with Gasteiger partial charge < -0.3 is 9.42 Å². The molecule has 3 aromatic rings. The number of carbonyl (C=O) groups is 1. The molecule has 1 amide bonds. The van der Waals surface area contributed by atoms with Crippen molar-refractivity contribution < 1.29 is 22.7 Å². The molecule has 3 rings (SSSR count). The molecule has 0 fully saturated rings. The van der Waals surface area contributed by atoms with E-state index in [1.807, 2.05) is 0 Å². The number of aryl methyl sites for hydroxylation is 3. The second-order valence-electron chi connectivity index (χ2n) is 7.35. The molecule has 0 bridgehead atoms. The van der Waals surface area contributed by atoms with Gasteiger partial charge in [-0.2, -0.15) is 0 Å². The number of hydrogen-bond acceptors (Lipinski definition) is 7. The van der Waals surface area contributed by atoms with Gasteiger partial charge >= 0.3 is 0 Å². The molecule has 0 aliphatic rings. The van der Waals surface area contributed by atoms with Crippen LogP contribution in [0.5, 0.6) is 0 Å². The van der Waals surface area contributed by atoms with E-state index in [0.29, 0.717) is 29.1 Å². The van der Waals surface area contributed by atoms with Crippen molar-refractivity contribution in [2.24, 2.45) is 0 Å². The summed E-state index contributed by atoms with van der Waals surface area (Å²) in [6.45, 7) is 5.42. The van der Waals surface area contributed by atoms with E-state index in [9.17, 15) is 23.3 Å². The molecule has 11 heteroatoms. The molecule has 0 spiro atoms. The average molecular weight is 458 g/mol. The fourth-order valence-corrected chi connectivity index (χ4v) is 4.18. The Labute approximate surface area is 185 Å². The van der Waals surface area contributed by atoms with Gasteiger partial charge in [0.2, 0.25) is 0 Å². The van der Waals surface area contributed by atoms with Gasteiger partial charge in [-0.15, -0.1) is 0 Å². The maximum Gasteiger partial charge on any atom is 0.273 e. The highest BCUT2D eigenvalue weighted by Gasteiger charge is 2.21. The fourth-order valence-electron chi connectivity index (χ4n) is 3.10. The largest absolute Gasteiger partial charge is 0.361 e. The number of nitrogens with one attached hydrogen (secondary N) is 1. The number of rotatable bonds is 7. The Bertz CT molecular complexity index is 1260. The van der Waals surface area contributed by atoms with Crippen LogP contribution < -0.4 is 4.72 Å². The number of amides is 1. The van der Waals surface area contributed by atoms with Crippen molar-refractivity contribution in [3.63, 3.8) is 0 Å². The van der Waals surface area contributed by atoms with Gasteiger partial charge in [-0.1, -0.05) is 11.2 Å². The SMILES string of the molecule is Cc1ccc(S(=O)(=O)Nc2ccc(C(=O)N(C)Cc3c(C)noc3C)cc2)cc1[N+](=O)[O-]. The van der Waals surface area contributed by atoms with Crippen LogP contribution in [-0.4, -0.2) is 36.4 Å². The topological polar surface area (TPSA) is 136 Å². The number of sulfonamides is 1. The standard InChI is InChI=1S/C21H22N4O6S/c1-13-5-10-18(11-20(13)25(27)28)32(29,30)23-17-8-6-16(7-9-17)21(26)24(4)12-19-14(2)22-31-15(19)3/h5-11,23H,12H2,1-4H3. The van der Waals surface area contributed by atoms with Crippen LogP contribution >= 0.6 is 0 Å². The van der Waals surface area contributed by atoms with E-state index in [1.54, 1.807) is 20.9 Å². The van der Waals surface area contributed by atoms with Crippen LogP contribution in [0.2, 0.25) is 0 Å². The first-order chi connectivity index (χ1) is 15.0. The number of carbonyl (C=O) groups excluding carboxylic acids is 1. The number of anilines is 1. The number of nitrogens with zero attached hydrogens (tertiary/aromatic N) is 3. The van der Waals surface area contributed by atoms with Crippen molar-refractivity contribution in [3.8, 4) is 0 Å². The Morgan fingerprint density at radius 1 is 1.16 bits per heavy atom. The van der Waals surface area contributed by atoms with Gasteiger partial charge in [0.15, 0.2) is 0 Å². The number of hydrogen-bond donors (Lipinski definition) is 1. The number of aromatic nitrogens is 1. The Balaban J connectivity index is 1.74. The van der Waals surface area contributed by atoms with Gasteiger partial charge in [0.25, 0.3) is 21.6 Å². The lowest BCUT2D eigenvalue weighted by Gasteiger charge is -2.17. The predicted octanol–water partition coefficient (Wildman–Crippen LogP) is 3.58. The van der Waals surface area contributed by atoms with Crippen molar-refractivity contribution >= 4 is 27.3 Å². The first-order valence-corrected chi connectivity index (χ1v) is 11.0. The predicted molar refractivity (Wildman–Crippen MR) is 117 cm³/mol. The van der Waals surface area contributed by atoms with Gasteiger partial charge in [-0.25, -0.2) is 8.42 Å². The maximum atomic E-state index is 12.7. The third-order valence-corrected chi connectivity index (χ3v) is 6.37. The molecule has 0 saturated carbocycles. The third kappa shape index (κ3) is 4.78. The summed E-state index contributed by atoms with van der Waals surface area (Å²) < 4.78 is 32.8. The normalized spacial score (nSPS) is 11.2. The number of benzene rings is 2. The van der Waals surface area contributed by atoms with Crippen LogP contribution in [-0.2, 0) is 16.6 Å². The molecule has 1 aromatic heterocycles. The van der Waals surface area contributed by atoms with Crippen LogP contribution in [0.15, 0.2) is 51.9 Å². The van der Waals surface area contributed by atoms with Crippen LogP contribution in [0.4, 0.5) is 11.4 Å². The third-order valence-electron chi connectivity index (χ3n) is 4.99. The summed E-state index contributed by atoms with van der Waals surface area (Å²) in [6, 6.07) is 9.60. The summed E-state index contributed by atoms with van der Waals surface area (Å²) in [7, 11) is -2.40. The zero-order chi connectivity index (χ0) is 23.6. The first kappa shape index (κ1) is 22.9. The molecule has 1 heterocycles. The van der Waals surface area contributed by atoms with Crippen molar-refractivity contribution in [2.75, 3.05) is 11.8 Å². The second kappa shape index (κ2) is 8.79. The fraction of sp³-hybridized carbons (Fsp3) is 0.238. The number of nitro groups is 1. The second-order valence-corrected chi connectivity index (χ2v) is 9.03. The van der Waals surface area contributed by atoms with Gasteiger partial charge in [-0.05, 0) is 51.1 Å². The summed E-state index contributed by atoms with van der Waals surface area (Å²) in [5.41, 5.74) is 2.21. The van der Waals surface area contributed by atoms with E-state index in [1.165, 1.54) is 48.2 Å². The van der Waals surface area contributed by atoms with Crippen molar-refractivity contribution in [2.45, 2.75) is 32.2 Å². The highest BCUT2D eigenvalue weighted by atomic mass is 32.2. The molecule has 168 valence electrons. The van der Waals surface area contributed by atoms with Gasteiger partial charge in [0.1, 0.15) is 5.76 Å². The van der Waals surface area contributed by atoms with Crippen LogP contribution in [0.1, 0.15) is 32.9 Å². The summed E-state index contributed by atoms with van der Waals surface area (Å²) in [4.78, 5) is 24.5. The molecule has 0 saturated heterocycles. The molecule has 10 nitrogen and oxygen atoms in total. The molecule has 32 heavy (non-hydrogen) atoms. The maximum absolute atomic E-state index is 12.7. The minimum atomic E-state index is -4.05. The van der Waals surface area contributed by atoms with Gasteiger partial charge in [0.05, 0.1) is 22.1 Å². The van der Waals surface area contributed by atoms with Crippen molar-refractivity contribution in [1.82, 2.24) is 10.1 Å². The minimum absolute atomic E-state index is 0.221. The van der Waals surface area contributed by atoms with E-state index in [-0.39, 0.29) is 22.2 Å². The highest BCUT2D eigenvalue weighted by Crippen LogP contribution is 2.24. The van der Waals surface area contributed by atoms with Gasteiger partial charge in [-0.3, -0.25) is 19.6 Å². The first-order valence-electron chi connectivity index (χ1n) is 9.54. The number of nitro benzene ring substituents is 1. The molecule has 1 N–H and O–H groups in total. The zero-order valence-corrected chi connectivity index (χ0v) is 18.8. The lowest BCUT2D eigenvalue weighted by atomic mass is 10.1. The smallest absolute Gasteiger partial charge is 0.273 e. The average Bonchev–Trinajstić information content (AvgIpc) is 3.05. The lowest BCUT2D eigenvalue weighted by Crippen LogP contribution is -2.26. The molecule has 0 aliphatic heterocycles. The molecule has 0 atom stereocenters. The molecule has 0 radical (unpaired) electrons. The quantitative estimate of drug-likeness (QED) is 0.422. The van der Waals surface area contributed by atoms with Gasteiger partial charge in [0, 0.05) is 35.5 Å². The van der Waals surface area contributed by atoms with E-state index < -0.39 is 14.9 Å². The summed E-state index contributed by atoms with van der Waals surface area (Å²) >= 11 is 0. The Morgan fingerprint density at radius 3 is 2.38 bits per heavy atom. The monoisotopic (exact) mass is 458 g/mol. The van der Waals surface area contributed by atoms with Crippen LogP contribution in [0, 0.1) is 30.9 Å². The Hall–Kier alpha value is -3.73. The highest BCUT2D eigenvalue weighted by molar-refractivity contribution is 7.92. The molecular weight excluding hydrogens is 436 g/mol. The van der Waals surface area contributed by atoms with Crippen molar-refractivity contribution in [3.05, 3.63) is 80.7 Å². The van der Waals surface area contributed by atoms with E-state index >= 15 is 0 Å².